The summed E-state index contributed by atoms with van der Waals surface area (Å²) in [4.78, 5) is 24.1. The van der Waals surface area contributed by atoms with Gasteiger partial charge < -0.3 is 10.6 Å². The van der Waals surface area contributed by atoms with Gasteiger partial charge in [0.2, 0.25) is 5.91 Å². The van der Waals surface area contributed by atoms with E-state index in [9.17, 15) is 14.9 Å². The van der Waals surface area contributed by atoms with Gasteiger partial charge in [-0.1, -0.05) is 31.0 Å². The molecule has 0 bridgehead atoms. The molecule has 0 fully saturated rings. The number of hydrogen-bond acceptors (Lipinski definition) is 4. The molecule has 0 heterocycles. The third-order valence-corrected chi connectivity index (χ3v) is 3.37. The van der Waals surface area contributed by atoms with Gasteiger partial charge in [-0.3, -0.25) is 14.9 Å². The Labute approximate surface area is 137 Å². The van der Waals surface area contributed by atoms with E-state index in [2.05, 4.69) is 0 Å². The Bertz CT molecular complexity index is 483. The number of hydrogen-bond donors (Lipinski definition) is 1. The average Bonchev–Trinajstić information content (AvgIpc) is 2.47. The normalized spacial score (nSPS) is 9.91. The van der Waals surface area contributed by atoms with E-state index in [4.69, 9.17) is 5.73 Å². The number of amides is 1. The van der Waals surface area contributed by atoms with Crippen molar-refractivity contribution < 1.29 is 9.72 Å². The zero-order chi connectivity index (χ0) is 15.7. The Hall–Kier alpha value is -1.66. The van der Waals surface area contributed by atoms with E-state index in [1.807, 2.05) is 0 Å². The third kappa shape index (κ3) is 6.87. The van der Waals surface area contributed by atoms with Gasteiger partial charge in [0.1, 0.15) is 0 Å². The maximum Gasteiger partial charge on any atom is 0.274 e. The van der Waals surface area contributed by atoms with E-state index in [-0.39, 0.29) is 30.5 Å². The lowest BCUT2D eigenvalue weighted by atomic mass is 10.1. The first kappa shape index (κ1) is 20.3. The summed E-state index contributed by atoms with van der Waals surface area (Å²) in [5, 5.41) is 10.9. The van der Waals surface area contributed by atoms with Crippen LogP contribution in [0.4, 0.5) is 5.69 Å². The standard InChI is InChI=1S/C15H23N3O3.ClH/c1-17(15(19)10-4-2-3-7-11-16)12-13-8-5-6-9-14(13)18(20)21;/h5-6,8-9H,2-4,7,10-12,16H2,1H3;1H. The van der Waals surface area contributed by atoms with Crippen LogP contribution in [0.1, 0.15) is 37.7 Å². The molecule has 0 aliphatic carbocycles. The first-order valence-electron chi connectivity index (χ1n) is 7.22. The van der Waals surface area contributed by atoms with Gasteiger partial charge in [0.05, 0.1) is 11.5 Å². The highest BCUT2D eigenvalue weighted by Gasteiger charge is 2.16. The monoisotopic (exact) mass is 329 g/mol. The number of unbranched alkanes of at least 4 members (excludes halogenated alkanes) is 3. The zero-order valence-corrected chi connectivity index (χ0v) is 13.7. The molecule has 0 spiro atoms. The van der Waals surface area contributed by atoms with Crippen molar-refractivity contribution in [2.75, 3.05) is 13.6 Å². The van der Waals surface area contributed by atoms with Gasteiger partial charge in [0.25, 0.3) is 5.69 Å². The Morgan fingerprint density at radius 2 is 1.86 bits per heavy atom. The second kappa shape index (κ2) is 11.0. The van der Waals surface area contributed by atoms with Crippen molar-refractivity contribution in [3.63, 3.8) is 0 Å². The maximum atomic E-state index is 12.0. The second-order valence-electron chi connectivity index (χ2n) is 5.09. The molecule has 0 aliphatic rings. The Kier molecular flexibility index (Phi) is 10.2. The Balaban J connectivity index is 0.00000441. The van der Waals surface area contributed by atoms with Crippen LogP contribution in [-0.4, -0.2) is 29.3 Å². The van der Waals surface area contributed by atoms with Crippen molar-refractivity contribution in [2.45, 2.75) is 38.6 Å². The molecule has 1 amide bonds. The smallest absolute Gasteiger partial charge is 0.274 e. The fourth-order valence-electron chi connectivity index (χ4n) is 2.13. The van der Waals surface area contributed by atoms with Gasteiger partial charge in [-0.05, 0) is 19.4 Å². The number of halogens is 1. The zero-order valence-electron chi connectivity index (χ0n) is 12.9. The molecule has 0 radical (unpaired) electrons. The van der Waals surface area contributed by atoms with Gasteiger partial charge >= 0.3 is 0 Å². The number of nitrogens with two attached hydrogens (primary N) is 1. The molecule has 1 rings (SSSR count). The number of nitro benzene ring substituents is 1. The first-order chi connectivity index (χ1) is 10.1. The van der Waals surface area contributed by atoms with Crippen LogP contribution in [0.25, 0.3) is 0 Å². The topological polar surface area (TPSA) is 89.5 Å². The molecular formula is C15H24ClN3O3. The van der Waals surface area contributed by atoms with Gasteiger partial charge in [0.15, 0.2) is 0 Å². The lowest BCUT2D eigenvalue weighted by Gasteiger charge is -2.17. The lowest BCUT2D eigenvalue weighted by molar-refractivity contribution is -0.385. The maximum absolute atomic E-state index is 12.0. The summed E-state index contributed by atoms with van der Waals surface area (Å²) in [6.45, 7) is 0.949. The fourth-order valence-corrected chi connectivity index (χ4v) is 2.13. The summed E-state index contributed by atoms with van der Waals surface area (Å²) in [5.74, 6) is 0.0147. The number of benzene rings is 1. The van der Waals surface area contributed by atoms with Crippen molar-refractivity contribution in [1.82, 2.24) is 4.90 Å². The highest BCUT2D eigenvalue weighted by molar-refractivity contribution is 5.85. The van der Waals surface area contributed by atoms with E-state index in [0.29, 0.717) is 18.5 Å². The third-order valence-electron chi connectivity index (χ3n) is 3.37. The van der Waals surface area contributed by atoms with Crippen molar-refractivity contribution in [2.24, 2.45) is 5.73 Å². The largest absolute Gasteiger partial charge is 0.341 e. The predicted octanol–water partition coefficient (Wildman–Crippen LogP) is 2.88. The minimum Gasteiger partial charge on any atom is -0.341 e. The molecule has 1 aromatic rings. The summed E-state index contributed by atoms with van der Waals surface area (Å²) in [7, 11) is 1.68. The van der Waals surface area contributed by atoms with Crippen LogP contribution in [0.2, 0.25) is 0 Å². The molecule has 1 aromatic carbocycles. The summed E-state index contributed by atoms with van der Waals surface area (Å²) in [6, 6.07) is 6.51. The molecule has 0 atom stereocenters. The van der Waals surface area contributed by atoms with E-state index < -0.39 is 4.92 Å². The van der Waals surface area contributed by atoms with Gasteiger partial charge in [0, 0.05) is 25.1 Å². The fraction of sp³-hybridized carbons (Fsp3) is 0.533. The van der Waals surface area contributed by atoms with Crippen LogP contribution in [-0.2, 0) is 11.3 Å². The van der Waals surface area contributed by atoms with E-state index in [0.717, 1.165) is 25.7 Å². The van der Waals surface area contributed by atoms with E-state index in [1.54, 1.807) is 30.1 Å². The van der Waals surface area contributed by atoms with Crippen molar-refractivity contribution >= 4 is 24.0 Å². The number of rotatable bonds is 9. The number of carbonyl (C=O) groups excluding carboxylic acids is 1. The van der Waals surface area contributed by atoms with Crippen molar-refractivity contribution in [3.05, 3.63) is 39.9 Å². The molecule has 124 valence electrons. The van der Waals surface area contributed by atoms with Gasteiger partial charge in [-0.2, -0.15) is 0 Å². The molecule has 22 heavy (non-hydrogen) atoms. The average molecular weight is 330 g/mol. The van der Waals surface area contributed by atoms with Crippen LogP contribution in [0, 0.1) is 10.1 Å². The molecule has 0 saturated heterocycles. The molecule has 0 aliphatic heterocycles. The van der Waals surface area contributed by atoms with Crippen LogP contribution in [0.5, 0.6) is 0 Å². The molecule has 6 nitrogen and oxygen atoms in total. The molecule has 2 N–H and O–H groups in total. The van der Waals surface area contributed by atoms with E-state index in [1.165, 1.54) is 6.07 Å². The first-order valence-corrected chi connectivity index (χ1v) is 7.22. The molecular weight excluding hydrogens is 306 g/mol. The predicted molar refractivity (Wildman–Crippen MR) is 89.0 cm³/mol. The quantitative estimate of drug-likeness (QED) is 0.428. The Morgan fingerprint density at radius 1 is 1.23 bits per heavy atom. The number of nitrogens with zero attached hydrogens (tertiary/aromatic N) is 2. The number of carbonyl (C=O) groups is 1. The summed E-state index contributed by atoms with van der Waals surface area (Å²) in [5.41, 5.74) is 6.03. The van der Waals surface area contributed by atoms with Crippen molar-refractivity contribution in [1.29, 1.82) is 0 Å². The van der Waals surface area contributed by atoms with Gasteiger partial charge in [-0.15, -0.1) is 12.4 Å². The lowest BCUT2D eigenvalue weighted by Crippen LogP contribution is -2.26. The van der Waals surface area contributed by atoms with Crippen LogP contribution in [0.15, 0.2) is 24.3 Å². The SMILES string of the molecule is CN(Cc1ccccc1[N+](=O)[O-])C(=O)CCCCCCN.Cl. The summed E-state index contributed by atoms with van der Waals surface area (Å²) in [6.07, 6.45) is 4.32. The van der Waals surface area contributed by atoms with Crippen LogP contribution < -0.4 is 5.73 Å². The highest BCUT2D eigenvalue weighted by Crippen LogP contribution is 2.19. The minimum absolute atomic E-state index is 0. The molecule has 0 saturated carbocycles. The summed E-state index contributed by atoms with van der Waals surface area (Å²) < 4.78 is 0. The van der Waals surface area contributed by atoms with Gasteiger partial charge in [-0.25, -0.2) is 0 Å². The van der Waals surface area contributed by atoms with Crippen LogP contribution >= 0.6 is 12.4 Å². The van der Waals surface area contributed by atoms with Crippen molar-refractivity contribution in [3.8, 4) is 0 Å². The molecule has 0 unspecified atom stereocenters. The molecule has 0 aromatic heterocycles. The highest BCUT2D eigenvalue weighted by atomic mass is 35.5. The Morgan fingerprint density at radius 3 is 2.50 bits per heavy atom. The van der Waals surface area contributed by atoms with E-state index >= 15 is 0 Å². The number of nitro groups is 1. The second-order valence-corrected chi connectivity index (χ2v) is 5.09. The molecule has 7 heteroatoms. The summed E-state index contributed by atoms with van der Waals surface area (Å²) >= 11 is 0. The number of para-hydroxylation sites is 1. The minimum atomic E-state index is -0.416. The van der Waals surface area contributed by atoms with Crippen LogP contribution in [0.3, 0.4) is 0 Å².